The average molecular weight is 222 g/mol. The molecule has 0 aromatic heterocycles. The largest absolute Gasteiger partial charge is 0.394 e. The van der Waals surface area contributed by atoms with Gasteiger partial charge >= 0.3 is 0 Å². The predicted octanol–water partition coefficient (Wildman–Crippen LogP) is 0.805. The van der Waals surface area contributed by atoms with Gasteiger partial charge in [-0.2, -0.15) is 0 Å². The van der Waals surface area contributed by atoms with Gasteiger partial charge in [0.2, 0.25) is 0 Å². The quantitative estimate of drug-likeness (QED) is 0.563. The normalized spacial score (nSPS) is 19.8. The molecule has 1 saturated heterocycles. The lowest BCUT2D eigenvalue weighted by molar-refractivity contribution is 0.243. The van der Waals surface area contributed by atoms with Crippen molar-refractivity contribution in [3.05, 3.63) is 35.9 Å². The maximum atomic E-state index is 8.69. The molecule has 1 aliphatic heterocycles. The van der Waals surface area contributed by atoms with E-state index in [-0.39, 0.29) is 18.8 Å². The number of aliphatic hydroxyl groups is 1. The molecule has 2 atom stereocenters. The zero-order valence-electron chi connectivity index (χ0n) is 9.10. The Morgan fingerprint density at radius 2 is 1.82 bits per heavy atom. The van der Waals surface area contributed by atoms with Gasteiger partial charge < -0.3 is 9.84 Å². The minimum atomic E-state index is -0.156. The summed E-state index contributed by atoms with van der Waals surface area (Å²) in [6.07, 6.45) is -0.281. The molecule has 1 fully saturated rings. The van der Waals surface area contributed by atoms with E-state index in [4.69, 9.17) is 9.84 Å². The van der Waals surface area contributed by atoms with E-state index in [2.05, 4.69) is 35.5 Å². The van der Waals surface area contributed by atoms with Gasteiger partial charge in [0.1, 0.15) is 12.2 Å². The highest BCUT2D eigenvalue weighted by atomic mass is 16.6. The monoisotopic (exact) mass is 222 g/mol. The van der Waals surface area contributed by atoms with Crippen LogP contribution >= 0.6 is 0 Å². The number of rotatable bonds is 1. The van der Waals surface area contributed by atoms with Gasteiger partial charge in [0, 0.05) is 5.56 Å². The zero-order valence-corrected chi connectivity index (χ0v) is 9.10. The molecule has 0 saturated carbocycles. The molecule has 82 valence electrons. The van der Waals surface area contributed by atoms with Gasteiger partial charge in [0.15, 0.2) is 0 Å². The first-order valence-electron chi connectivity index (χ1n) is 5.23. The van der Waals surface area contributed by atoms with E-state index in [1.165, 1.54) is 0 Å². The topological polar surface area (TPSA) is 32.8 Å². The van der Waals surface area contributed by atoms with Crippen molar-refractivity contribution in [3.63, 3.8) is 0 Å². The highest BCUT2D eigenvalue weighted by Gasteiger charge is 2.36. The van der Waals surface area contributed by atoms with Crippen LogP contribution in [-0.4, -0.2) is 23.9 Å². The molecule has 2 nitrogen and oxygen atoms in total. The second-order valence-electron chi connectivity index (χ2n) is 3.41. The summed E-state index contributed by atoms with van der Waals surface area (Å²) in [4.78, 5) is 0. The summed E-state index contributed by atoms with van der Waals surface area (Å²) in [5.41, 5.74) is 0.931. The van der Waals surface area contributed by atoms with Crippen LogP contribution in [0.2, 0.25) is 0 Å². The maximum absolute atomic E-state index is 8.69. The van der Waals surface area contributed by atoms with Crippen LogP contribution in [0, 0.1) is 35.5 Å². The summed E-state index contributed by atoms with van der Waals surface area (Å²) >= 11 is 0. The standard InChI is InChI=1S/C15H10O2/c16-12-15-14(17-15)11-7-2-1-4-8-13-9-5-3-6-10-13/h3,5-6,9-10,14-16H,12H2/t14-,15-/m0/s1. The molecule has 0 amide bonds. The van der Waals surface area contributed by atoms with E-state index < -0.39 is 0 Å². The van der Waals surface area contributed by atoms with E-state index in [1.807, 2.05) is 30.3 Å². The van der Waals surface area contributed by atoms with E-state index in [1.54, 1.807) is 0 Å². The molecule has 1 aromatic carbocycles. The number of ether oxygens (including phenoxy) is 1. The van der Waals surface area contributed by atoms with Gasteiger partial charge in [-0.1, -0.05) is 30.0 Å². The minimum Gasteiger partial charge on any atom is -0.394 e. The van der Waals surface area contributed by atoms with Gasteiger partial charge in [-0.3, -0.25) is 0 Å². The highest BCUT2D eigenvalue weighted by Crippen LogP contribution is 2.19. The van der Waals surface area contributed by atoms with Crippen molar-refractivity contribution in [2.45, 2.75) is 12.2 Å². The third kappa shape index (κ3) is 3.71. The van der Waals surface area contributed by atoms with Crippen LogP contribution in [0.15, 0.2) is 30.3 Å². The van der Waals surface area contributed by atoms with Gasteiger partial charge in [-0.15, -0.1) is 0 Å². The molecule has 0 unspecified atom stereocenters. The Kier molecular flexibility index (Phi) is 3.85. The maximum Gasteiger partial charge on any atom is 0.148 e. The van der Waals surface area contributed by atoms with Gasteiger partial charge in [0.25, 0.3) is 0 Å². The fraction of sp³-hybridized carbons (Fsp3) is 0.200. The summed E-state index contributed by atoms with van der Waals surface area (Å²) in [6, 6.07) is 9.64. The number of hydrogen-bond donors (Lipinski definition) is 1. The Morgan fingerprint density at radius 3 is 2.53 bits per heavy atom. The summed E-state index contributed by atoms with van der Waals surface area (Å²) in [7, 11) is 0. The van der Waals surface area contributed by atoms with Crippen molar-refractivity contribution in [1.82, 2.24) is 0 Å². The molecule has 2 heteroatoms. The molecule has 1 heterocycles. The first kappa shape index (κ1) is 11.3. The van der Waals surface area contributed by atoms with Crippen LogP contribution in [0.4, 0.5) is 0 Å². The molecule has 0 spiro atoms. The van der Waals surface area contributed by atoms with Crippen molar-refractivity contribution in [1.29, 1.82) is 0 Å². The summed E-state index contributed by atoms with van der Waals surface area (Å²) < 4.78 is 5.01. The fourth-order valence-electron chi connectivity index (χ4n) is 1.20. The van der Waals surface area contributed by atoms with Gasteiger partial charge in [-0.25, -0.2) is 0 Å². The third-order valence-electron chi connectivity index (χ3n) is 2.14. The molecular weight excluding hydrogens is 212 g/mol. The van der Waals surface area contributed by atoms with Gasteiger partial charge in [0.05, 0.1) is 6.61 Å². The number of epoxide rings is 1. The molecule has 1 N–H and O–H groups in total. The van der Waals surface area contributed by atoms with Gasteiger partial charge in [-0.05, 0) is 35.8 Å². The molecule has 1 aliphatic rings. The lowest BCUT2D eigenvalue weighted by atomic mass is 10.2. The van der Waals surface area contributed by atoms with Crippen molar-refractivity contribution in [2.75, 3.05) is 6.61 Å². The Morgan fingerprint density at radius 1 is 1.06 bits per heavy atom. The number of benzene rings is 1. The van der Waals surface area contributed by atoms with Crippen molar-refractivity contribution >= 4 is 0 Å². The summed E-state index contributed by atoms with van der Waals surface area (Å²) in [6.45, 7) is 0.0145. The summed E-state index contributed by atoms with van der Waals surface area (Å²) in [5.74, 6) is 16.3. The molecule has 1 aromatic rings. The molecule has 2 rings (SSSR count). The fourth-order valence-corrected chi connectivity index (χ4v) is 1.20. The van der Waals surface area contributed by atoms with Crippen molar-refractivity contribution < 1.29 is 9.84 Å². The van der Waals surface area contributed by atoms with E-state index in [9.17, 15) is 0 Å². The van der Waals surface area contributed by atoms with Crippen molar-refractivity contribution in [2.24, 2.45) is 0 Å². The Balaban J connectivity index is 1.85. The lowest BCUT2D eigenvalue weighted by Gasteiger charge is -1.83. The van der Waals surface area contributed by atoms with Crippen LogP contribution in [-0.2, 0) is 4.74 Å². The SMILES string of the molecule is OC[C@@H]1O[C@H]1C#CC#CC#Cc1ccccc1. The summed E-state index contributed by atoms with van der Waals surface area (Å²) in [5, 5.41) is 8.69. The molecule has 0 bridgehead atoms. The predicted molar refractivity (Wildman–Crippen MR) is 64.6 cm³/mol. The molecule has 17 heavy (non-hydrogen) atoms. The molecule has 0 aliphatic carbocycles. The number of aliphatic hydroxyl groups excluding tert-OH is 1. The van der Waals surface area contributed by atoms with E-state index in [0.717, 1.165) is 5.56 Å². The first-order valence-corrected chi connectivity index (χ1v) is 5.23. The number of hydrogen-bond acceptors (Lipinski definition) is 2. The van der Waals surface area contributed by atoms with Crippen LogP contribution in [0.1, 0.15) is 5.56 Å². The van der Waals surface area contributed by atoms with Crippen LogP contribution in [0.25, 0.3) is 0 Å². The third-order valence-corrected chi connectivity index (χ3v) is 2.14. The van der Waals surface area contributed by atoms with Crippen molar-refractivity contribution in [3.8, 4) is 35.5 Å². The smallest absolute Gasteiger partial charge is 0.148 e. The highest BCUT2D eigenvalue weighted by molar-refractivity contribution is 5.42. The second-order valence-corrected chi connectivity index (χ2v) is 3.41. The lowest BCUT2D eigenvalue weighted by Crippen LogP contribution is -1.95. The molecule has 0 radical (unpaired) electrons. The minimum absolute atomic E-state index is 0.0145. The van der Waals surface area contributed by atoms with Crippen LogP contribution < -0.4 is 0 Å². The Hall–Kier alpha value is -2.18. The average Bonchev–Trinajstić information content (AvgIpc) is 3.13. The van der Waals surface area contributed by atoms with E-state index in [0.29, 0.717) is 0 Å². The Labute approximate surface area is 101 Å². The second kappa shape index (κ2) is 5.78. The van der Waals surface area contributed by atoms with E-state index >= 15 is 0 Å². The van der Waals surface area contributed by atoms with Crippen LogP contribution in [0.5, 0.6) is 0 Å². The first-order chi connectivity index (χ1) is 8.40. The Bertz CT molecular complexity index is 555. The zero-order chi connectivity index (χ0) is 11.9. The molecular formula is C15H10O2. The van der Waals surface area contributed by atoms with Crippen LogP contribution in [0.3, 0.4) is 0 Å².